The molecule has 4 amide bonds. The highest BCUT2D eigenvalue weighted by Crippen LogP contribution is 2.64. The van der Waals surface area contributed by atoms with Crippen LogP contribution in [-0.4, -0.2) is 33.7 Å². The van der Waals surface area contributed by atoms with Gasteiger partial charge in [-0.15, -0.1) is 0 Å². The zero-order valence-electron chi connectivity index (χ0n) is 25.3. The summed E-state index contributed by atoms with van der Waals surface area (Å²) < 4.78 is 0. The molecule has 0 spiro atoms. The highest BCUT2D eigenvalue weighted by molar-refractivity contribution is 6.25. The van der Waals surface area contributed by atoms with Crippen molar-refractivity contribution in [2.24, 2.45) is 29.1 Å². The molecule has 8 rings (SSSR count). The van der Waals surface area contributed by atoms with Crippen LogP contribution in [-0.2, 0) is 19.2 Å². The van der Waals surface area contributed by atoms with Crippen molar-refractivity contribution >= 4 is 51.5 Å². The van der Waals surface area contributed by atoms with Gasteiger partial charge in [-0.05, 0) is 49.3 Å². The van der Waals surface area contributed by atoms with Crippen molar-refractivity contribution in [3.05, 3.63) is 118 Å². The molecule has 10 nitrogen and oxygen atoms in total. The number of hydrogen-bond acceptors (Lipinski definition) is 7. The van der Waals surface area contributed by atoms with Crippen LogP contribution in [0.2, 0.25) is 0 Å². The number of hydrogen-bond donors (Lipinski definition) is 1. The summed E-state index contributed by atoms with van der Waals surface area (Å²) in [5.74, 6) is -5.48. The fraction of sp³-hybridized carbons (Fsp3) is 0.243. The molecule has 0 radical (unpaired) electrons. The van der Waals surface area contributed by atoms with Gasteiger partial charge in [0.05, 0.1) is 39.5 Å². The van der Waals surface area contributed by atoms with E-state index in [9.17, 15) is 34.4 Å². The van der Waals surface area contributed by atoms with Gasteiger partial charge < -0.3 is 5.11 Å². The Bertz CT molecular complexity index is 2090. The molecule has 2 heterocycles. The van der Waals surface area contributed by atoms with E-state index in [1.54, 1.807) is 49.4 Å². The Morgan fingerprint density at radius 1 is 0.809 bits per heavy atom. The van der Waals surface area contributed by atoms with Crippen LogP contribution < -0.4 is 9.80 Å². The number of benzene rings is 4. The number of aromatic hydroxyl groups is 1. The van der Waals surface area contributed by atoms with Crippen molar-refractivity contribution in [2.75, 3.05) is 9.80 Å². The third-order valence-corrected chi connectivity index (χ3v) is 10.8. The van der Waals surface area contributed by atoms with E-state index in [0.717, 1.165) is 15.9 Å². The van der Waals surface area contributed by atoms with E-state index in [0.29, 0.717) is 16.6 Å². The number of nitro benzene ring substituents is 1. The number of nitrogens with zero attached hydrogens (tertiary/aromatic N) is 3. The second kappa shape index (κ2) is 10.2. The molecule has 1 N–H and O–H groups in total. The van der Waals surface area contributed by atoms with E-state index in [1.165, 1.54) is 29.2 Å². The van der Waals surface area contributed by atoms with Crippen LogP contribution in [0, 0.1) is 39.2 Å². The molecule has 47 heavy (non-hydrogen) atoms. The fourth-order valence-corrected chi connectivity index (χ4v) is 8.69. The normalized spacial score (nSPS) is 28.3. The molecule has 4 aromatic carbocycles. The average molecular weight is 628 g/mol. The van der Waals surface area contributed by atoms with E-state index >= 15 is 0 Å². The summed E-state index contributed by atoms with van der Waals surface area (Å²) in [7, 11) is 0. The number of phenolic OH excluding ortho intramolecular Hbond substituents is 1. The van der Waals surface area contributed by atoms with E-state index in [-0.39, 0.29) is 41.8 Å². The summed E-state index contributed by atoms with van der Waals surface area (Å²) in [4.78, 5) is 70.2. The minimum atomic E-state index is -1.30. The highest BCUT2D eigenvalue weighted by Gasteiger charge is 2.68. The SMILES string of the molecule is CC12C(=O)N(c3ccccc3)C(=O)C1CC1C(=CCC3C(=O)N(c4cccc([N+](=O)[O-])c4)C(=O)C31)C2c1ccc2ccccc2c1O. The first-order chi connectivity index (χ1) is 22.6. The lowest BCUT2D eigenvalue weighted by molar-refractivity contribution is -0.384. The average Bonchev–Trinajstić information content (AvgIpc) is 3.45. The highest BCUT2D eigenvalue weighted by atomic mass is 16.6. The first-order valence-electron chi connectivity index (χ1n) is 15.6. The molecular formula is C37H29N3O7. The minimum absolute atomic E-state index is 0.00204. The monoisotopic (exact) mass is 627 g/mol. The van der Waals surface area contributed by atoms with Crippen LogP contribution in [0.4, 0.5) is 17.1 Å². The van der Waals surface area contributed by atoms with Gasteiger partial charge in [0, 0.05) is 29.0 Å². The largest absolute Gasteiger partial charge is 0.507 e. The lowest BCUT2D eigenvalue weighted by Crippen LogP contribution is -2.48. The number of rotatable bonds is 4. The first-order valence-corrected chi connectivity index (χ1v) is 15.6. The smallest absolute Gasteiger partial charge is 0.271 e. The number of amides is 4. The van der Waals surface area contributed by atoms with Gasteiger partial charge in [-0.3, -0.25) is 29.3 Å². The lowest BCUT2D eigenvalue weighted by Gasteiger charge is -2.49. The predicted octanol–water partition coefficient (Wildman–Crippen LogP) is 5.89. The Labute approximate surface area is 269 Å². The summed E-state index contributed by atoms with van der Waals surface area (Å²) in [6.45, 7) is 1.78. The number of nitro groups is 1. The summed E-state index contributed by atoms with van der Waals surface area (Å²) in [5.41, 5.74) is 0.249. The van der Waals surface area contributed by atoms with E-state index in [2.05, 4.69) is 0 Å². The van der Waals surface area contributed by atoms with Crippen LogP contribution in [0.5, 0.6) is 5.75 Å². The van der Waals surface area contributed by atoms with Crippen molar-refractivity contribution in [1.29, 1.82) is 0 Å². The molecule has 10 heteroatoms. The van der Waals surface area contributed by atoms with Gasteiger partial charge in [0.25, 0.3) is 5.69 Å². The molecule has 0 aromatic heterocycles. The van der Waals surface area contributed by atoms with Crippen molar-refractivity contribution < 1.29 is 29.2 Å². The molecule has 234 valence electrons. The zero-order valence-corrected chi connectivity index (χ0v) is 25.3. The maximum Gasteiger partial charge on any atom is 0.271 e. The van der Waals surface area contributed by atoms with Crippen LogP contribution in [0.15, 0.2) is 103 Å². The number of non-ortho nitro benzene ring substituents is 1. The van der Waals surface area contributed by atoms with Crippen LogP contribution >= 0.6 is 0 Å². The van der Waals surface area contributed by atoms with Gasteiger partial charge in [-0.2, -0.15) is 0 Å². The molecule has 0 bridgehead atoms. The van der Waals surface area contributed by atoms with E-state index in [1.807, 2.05) is 30.3 Å². The molecule has 1 saturated carbocycles. The standard InChI is InChI=1S/C37H29N3O7/c1-37-29(34(43)39(36(37)45)21-9-3-2-4-10-21)19-28-25(31(37)27-15-14-20-8-5-6-13-24(20)32(27)41)16-17-26-30(28)35(44)38(33(26)42)22-11-7-12-23(18-22)40(46)47/h2-16,18,26,28-31,41H,17,19H2,1H3. The summed E-state index contributed by atoms with van der Waals surface area (Å²) >= 11 is 0. The predicted molar refractivity (Wildman–Crippen MR) is 172 cm³/mol. The Morgan fingerprint density at radius 3 is 2.30 bits per heavy atom. The number of para-hydroxylation sites is 1. The Hall–Kier alpha value is -5.64. The van der Waals surface area contributed by atoms with Crippen molar-refractivity contribution in [1.82, 2.24) is 0 Å². The first kappa shape index (κ1) is 28.8. The quantitative estimate of drug-likeness (QED) is 0.129. The van der Waals surface area contributed by atoms with Crippen molar-refractivity contribution in [3.63, 3.8) is 0 Å². The van der Waals surface area contributed by atoms with Gasteiger partial charge >= 0.3 is 0 Å². The molecule has 2 saturated heterocycles. The number of imide groups is 2. The lowest BCUT2D eigenvalue weighted by atomic mass is 9.51. The van der Waals surface area contributed by atoms with Crippen molar-refractivity contribution in [2.45, 2.75) is 25.7 Å². The fourth-order valence-electron chi connectivity index (χ4n) is 8.69. The van der Waals surface area contributed by atoms with Gasteiger partial charge in [0.2, 0.25) is 23.6 Å². The van der Waals surface area contributed by atoms with Gasteiger partial charge in [0.15, 0.2) is 0 Å². The minimum Gasteiger partial charge on any atom is -0.507 e. The number of carbonyl (C=O) groups is 4. The number of fused-ring (bicyclic) bond motifs is 5. The number of phenols is 1. The zero-order chi connectivity index (χ0) is 32.8. The third-order valence-electron chi connectivity index (χ3n) is 10.8. The molecular weight excluding hydrogens is 598 g/mol. The number of allylic oxidation sites excluding steroid dienone is 2. The van der Waals surface area contributed by atoms with Crippen LogP contribution in [0.3, 0.4) is 0 Å². The van der Waals surface area contributed by atoms with Crippen LogP contribution in [0.25, 0.3) is 10.8 Å². The van der Waals surface area contributed by atoms with Gasteiger partial charge in [-0.25, -0.2) is 9.80 Å². The van der Waals surface area contributed by atoms with Gasteiger partial charge in [0.1, 0.15) is 5.75 Å². The van der Waals surface area contributed by atoms with E-state index in [4.69, 9.17) is 0 Å². The van der Waals surface area contributed by atoms with Gasteiger partial charge in [-0.1, -0.05) is 72.3 Å². The molecule has 4 aliphatic rings. The molecule has 2 aliphatic carbocycles. The maximum absolute atomic E-state index is 14.6. The number of carbonyl (C=O) groups excluding carboxylic acids is 4. The van der Waals surface area contributed by atoms with Crippen molar-refractivity contribution in [3.8, 4) is 5.75 Å². The van der Waals surface area contributed by atoms with Crippen LogP contribution in [0.1, 0.15) is 31.2 Å². The van der Waals surface area contributed by atoms with E-state index < -0.39 is 51.7 Å². The maximum atomic E-state index is 14.6. The molecule has 3 fully saturated rings. The second-order valence-corrected chi connectivity index (χ2v) is 13.0. The molecule has 6 unspecified atom stereocenters. The topological polar surface area (TPSA) is 138 Å². The molecule has 4 aromatic rings. The summed E-state index contributed by atoms with van der Waals surface area (Å²) in [6, 6.07) is 25.2. The Morgan fingerprint density at radius 2 is 1.53 bits per heavy atom. The second-order valence-electron chi connectivity index (χ2n) is 13.0. The molecule has 2 aliphatic heterocycles. The summed E-state index contributed by atoms with van der Waals surface area (Å²) in [5, 5.41) is 24.7. The molecule has 6 atom stereocenters. The third kappa shape index (κ3) is 3.90. The Kier molecular flexibility index (Phi) is 6.24. The number of anilines is 2. The Balaban J connectivity index is 1.29. The summed E-state index contributed by atoms with van der Waals surface area (Å²) in [6.07, 6.45) is 2.28.